The lowest BCUT2D eigenvalue weighted by Gasteiger charge is -2.28. The first-order chi connectivity index (χ1) is 11.0. The number of hydrogen-bond acceptors (Lipinski definition) is 2. The maximum absolute atomic E-state index is 6.39. The molecule has 0 radical (unpaired) electrons. The third-order valence-electron chi connectivity index (χ3n) is 3.74. The minimum Gasteiger partial charge on any atom is -0.372 e. The van der Waals surface area contributed by atoms with Gasteiger partial charge in [-0.15, -0.1) is 11.6 Å². The third-order valence-corrected chi connectivity index (χ3v) is 4.89. The summed E-state index contributed by atoms with van der Waals surface area (Å²) in [6.45, 7) is 1.18. The van der Waals surface area contributed by atoms with Gasteiger partial charge in [-0.2, -0.15) is 0 Å². The van der Waals surface area contributed by atoms with Gasteiger partial charge in [0.05, 0.1) is 27.7 Å². The van der Waals surface area contributed by atoms with Crippen molar-refractivity contribution in [3.05, 3.63) is 62.6 Å². The fourth-order valence-corrected chi connectivity index (χ4v) is 3.72. The number of alkyl halides is 1. The first-order valence-corrected chi connectivity index (χ1v) is 8.68. The quantitative estimate of drug-likeness (QED) is 0.586. The number of halogens is 4. The summed E-state index contributed by atoms with van der Waals surface area (Å²) in [5.74, 6) is 0. The first-order valence-electron chi connectivity index (χ1n) is 7.11. The van der Waals surface area contributed by atoms with Gasteiger partial charge in [0.1, 0.15) is 0 Å². The van der Waals surface area contributed by atoms with E-state index < -0.39 is 0 Å². The number of aliphatic imine (C=N–C) groups is 1. The van der Waals surface area contributed by atoms with Crippen LogP contribution in [0.5, 0.6) is 0 Å². The molecule has 2 nitrogen and oxygen atoms in total. The predicted octanol–water partition coefficient (Wildman–Crippen LogP) is 5.54. The van der Waals surface area contributed by atoms with Crippen LogP contribution in [-0.2, 0) is 0 Å². The van der Waals surface area contributed by atoms with E-state index in [1.807, 2.05) is 31.3 Å². The zero-order valence-electron chi connectivity index (χ0n) is 12.4. The van der Waals surface area contributed by atoms with E-state index in [0.29, 0.717) is 33.7 Å². The Kier molecular flexibility index (Phi) is 5.07. The molecule has 0 amide bonds. The zero-order chi connectivity index (χ0) is 16.6. The van der Waals surface area contributed by atoms with Crippen LogP contribution in [0.1, 0.15) is 11.1 Å². The smallest absolute Gasteiger partial charge is 0.0770 e. The summed E-state index contributed by atoms with van der Waals surface area (Å²) < 4.78 is 0. The molecule has 0 aliphatic carbocycles. The van der Waals surface area contributed by atoms with Crippen molar-refractivity contribution >= 4 is 57.8 Å². The monoisotopic (exact) mass is 386 g/mol. The van der Waals surface area contributed by atoms with Crippen LogP contribution in [0.2, 0.25) is 15.1 Å². The number of rotatable bonds is 1. The van der Waals surface area contributed by atoms with Gasteiger partial charge in [-0.05, 0) is 30.3 Å². The highest BCUT2D eigenvalue weighted by Gasteiger charge is 2.23. The molecule has 0 fully saturated rings. The van der Waals surface area contributed by atoms with E-state index in [9.17, 15) is 0 Å². The predicted molar refractivity (Wildman–Crippen MR) is 101 cm³/mol. The standard InChI is InChI=1S/C17H14Cl4N2/c1-23-9-11(19)8-22-17(12-7-10(18)5-6-15(12)23)16-13(20)3-2-4-14(16)21/h2-7,11H,8-9H2,1H3/b22-17+. The first kappa shape index (κ1) is 16.9. The Morgan fingerprint density at radius 1 is 1.09 bits per heavy atom. The molecule has 3 rings (SSSR count). The van der Waals surface area contributed by atoms with Crippen molar-refractivity contribution in [2.75, 3.05) is 25.0 Å². The maximum Gasteiger partial charge on any atom is 0.0770 e. The van der Waals surface area contributed by atoms with Gasteiger partial charge >= 0.3 is 0 Å². The molecule has 0 aromatic heterocycles. The molecular weight excluding hydrogens is 374 g/mol. The van der Waals surface area contributed by atoms with E-state index in [0.717, 1.165) is 17.0 Å². The van der Waals surface area contributed by atoms with E-state index in [2.05, 4.69) is 4.90 Å². The van der Waals surface area contributed by atoms with Crippen molar-refractivity contribution in [2.24, 2.45) is 4.99 Å². The summed E-state index contributed by atoms with van der Waals surface area (Å²) >= 11 is 25.4. The molecule has 0 saturated carbocycles. The van der Waals surface area contributed by atoms with Crippen LogP contribution >= 0.6 is 46.4 Å². The topological polar surface area (TPSA) is 15.6 Å². The molecule has 0 saturated heterocycles. The van der Waals surface area contributed by atoms with Crippen molar-refractivity contribution in [3.8, 4) is 0 Å². The van der Waals surface area contributed by atoms with E-state index >= 15 is 0 Å². The molecule has 120 valence electrons. The van der Waals surface area contributed by atoms with Gasteiger partial charge in [0.2, 0.25) is 0 Å². The molecular formula is C17H14Cl4N2. The highest BCUT2D eigenvalue weighted by Crippen LogP contribution is 2.33. The largest absolute Gasteiger partial charge is 0.372 e. The molecule has 0 spiro atoms. The lowest BCUT2D eigenvalue weighted by molar-refractivity contribution is 0.798. The van der Waals surface area contributed by atoms with Crippen molar-refractivity contribution in [1.82, 2.24) is 0 Å². The Labute approximate surface area is 155 Å². The fourth-order valence-electron chi connectivity index (χ4n) is 2.70. The van der Waals surface area contributed by atoms with Gasteiger partial charge < -0.3 is 4.90 Å². The summed E-state index contributed by atoms with van der Waals surface area (Å²) in [5, 5.41) is 1.64. The summed E-state index contributed by atoms with van der Waals surface area (Å²) in [5.41, 5.74) is 3.32. The molecule has 1 unspecified atom stereocenters. The Morgan fingerprint density at radius 2 is 1.78 bits per heavy atom. The average Bonchev–Trinajstić information content (AvgIpc) is 2.48. The lowest BCUT2D eigenvalue weighted by atomic mass is 9.98. The van der Waals surface area contributed by atoms with Crippen LogP contribution in [0.3, 0.4) is 0 Å². The fraction of sp³-hybridized carbons (Fsp3) is 0.235. The molecule has 1 atom stereocenters. The molecule has 0 bridgehead atoms. The Bertz CT molecular complexity index is 753. The van der Waals surface area contributed by atoms with Gasteiger partial charge in [-0.3, -0.25) is 4.99 Å². The van der Waals surface area contributed by atoms with Gasteiger partial charge in [0.25, 0.3) is 0 Å². The SMILES string of the molecule is CN1CC(Cl)C/N=C(/c2c(Cl)cccc2Cl)c2cc(Cl)ccc21. The molecule has 0 N–H and O–H groups in total. The average molecular weight is 388 g/mol. The number of nitrogens with zero attached hydrogens (tertiary/aromatic N) is 2. The third kappa shape index (κ3) is 3.46. The summed E-state index contributed by atoms with van der Waals surface area (Å²) in [7, 11) is 2.00. The van der Waals surface area contributed by atoms with Crippen molar-refractivity contribution in [3.63, 3.8) is 0 Å². The van der Waals surface area contributed by atoms with Crippen LogP contribution in [0.4, 0.5) is 5.69 Å². The summed E-state index contributed by atoms with van der Waals surface area (Å²) in [6, 6.07) is 11.1. The maximum atomic E-state index is 6.39. The highest BCUT2D eigenvalue weighted by molar-refractivity contribution is 6.42. The van der Waals surface area contributed by atoms with Gasteiger partial charge in [0.15, 0.2) is 0 Å². The van der Waals surface area contributed by atoms with Gasteiger partial charge in [-0.25, -0.2) is 0 Å². The van der Waals surface area contributed by atoms with Crippen molar-refractivity contribution in [2.45, 2.75) is 5.38 Å². The summed E-state index contributed by atoms with van der Waals surface area (Å²) in [4.78, 5) is 6.80. The van der Waals surface area contributed by atoms with Crippen LogP contribution < -0.4 is 4.90 Å². The van der Waals surface area contributed by atoms with Gasteiger partial charge in [-0.1, -0.05) is 40.9 Å². The molecule has 2 aromatic rings. The molecule has 1 heterocycles. The van der Waals surface area contributed by atoms with Gasteiger partial charge in [0, 0.05) is 35.4 Å². The molecule has 2 aromatic carbocycles. The van der Waals surface area contributed by atoms with Crippen LogP contribution in [0.25, 0.3) is 0 Å². The number of benzene rings is 2. The Balaban J connectivity index is 2.27. The highest BCUT2D eigenvalue weighted by atomic mass is 35.5. The number of fused-ring (bicyclic) bond motifs is 1. The van der Waals surface area contributed by atoms with Crippen LogP contribution in [0.15, 0.2) is 41.4 Å². The van der Waals surface area contributed by atoms with Crippen LogP contribution in [0, 0.1) is 0 Å². The second-order valence-electron chi connectivity index (χ2n) is 5.43. The molecule has 6 heteroatoms. The Morgan fingerprint density at radius 3 is 2.48 bits per heavy atom. The minimum absolute atomic E-state index is 0.0971. The van der Waals surface area contributed by atoms with E-state index in [-0.39, 0.29) is 5.38 Å². The van der Waals surface area contributed by atoms with E-state index in [4.69, 9.17) is 51.4 Å². The van der Waals surface area contributed by atoms with Crippen molar-refractivity contribution < 1.29 is 0 Å². The molecule has 23 heavy (non-hydrogen) atoms. The van der Waals surface area contributed by atoms with Crippen LogP contribution in [-0.4, -0.2) is 31.2 Å². The van der Waals surface area contributed by atoms with Crippen molar-refractivity contribution in [1.29, 1.82) is 0 Å². The lowest BCUT2D eigenvalue weighted by Crippen LogP contribution is -2.31. The minimum atomic E-state index is -0.0971. The normalized spacial score (nSPS) is 20.3. The molecule has 1 aliphatic heterocycles. The number of anilines is 1. The van der Waals surface area contributed by atoms with E-state index in [1.165, 1.54) is 0 Å². The summed E-state index contributed by atoms with van der Waals surface area (Å²) in [6.07, 6.45) is 0. The Hall–Kier alpha value is -0.930. The van der Waals surface area contributed by atoms with E-state index in [1.54, 1.807) is 12.1 Å². The second kappa shape index (κ2) is 6.90. The second-order valence-corrected chi connectivity index (χ2v) is 7.29. The zero-order valence-corrected chi connectivity index (χ0v) is 15.4. The molecule has 1 aliphatic rings. The number of hydrogen-bond donors (Lipinski definition) is 0.